The van der Waals surface area contributed by atoms with Crippen molar-refractivity contribution in [1.29, 1.82) is 0 Å². The number of piperidine rings is 1. The molecule has 0 aliphatic carbocycles. The third kappa shape index (κ3) is 8.30. The smallest absolute Gasteiger partial charge is 0.246 e. The number of carbonyl (C=O) groups is 1. The van der Waals surface area contributed by atoms with E-state index in [4.69, 9.17) is 0 Å². The molecule has 3 N–H and O–H groups in total. The lowest BCUT2D eigenvalue weighted by atomic mass is 9.98. The van der Waals surface area contributed by atoms with Crippen molar-refractivity contribution >= 4 is 41.5 Å². The van der Waals surface area contributed by atoms with Crippen LogP contribution in [-0.2, 0) is 4.79 Å². The fourth-order valence-corrected chi connectivity index (χ4v) is 3.17. The largest absolute Gasteiger partial charge is 0.357 e. The van der Waals surface area contributed by atoms with Crippen molar-refractivity contribution in [2.45, 2.75) is 45.6 Å². The van der Waals surface area contributed by atoms with E-state index in [1.807, 2.05) is 6.92 Å². The van der Waals surface area contributed by atoms with Crippen LogP contribution in [0.1, 0.15) is 40.0 Å². The second-order valence-electron chi connectivity index (χ2n) is 7.47. The summed E-state index contributed by atoms with van der Waals surface area (Å²) < 4.78 is 13.2. The Labute approximate surface area is 184 Å². The fraction of sp³-hybridized carbons (Fsp3) is 0.600. The van der Waals surface area contributed by atoms with Crippen LogP contribution < -0.4 is 16.0 Å². The minimum atomic E-state index is -0.383. The van der Waals surface area contributed by atoms with Crippen molar-refractivity contribution in [3.8, 4) is 0 Å². The zero-order chi connectivity index (χ0) is 19.7. The number of amides is 1. The summed E-state index contributed by atoms with van der Waals surface area (Å²) in [6.45, 7) is 10.1. The maximum absolute atomic E-state index is 13.2. The van der Waals surface area contributed by atoms with Gasteiger partial charge in [-0.2, -0.15) is 0 Å². The second kappa shape index (κ2) is 12.2. The lowest BCUT2D eigenvalue weighted by molar-refractivity contribution is -0.114. The Morgan fingerprint density at radius 3 is 2.57 bits per heavy atom. The van der Waals surface area contributed by atoms with E-state index >= 15 is 0 Å². The van der Waals surface area contributed by atoms with Crippen LogP contribution in [0.3, 0.4) is 0 Å². The summed E-state index contributed by atoms with van der Waals surface area (Å²) in [5.74, 6) is -0.0590. The Hall–Kier alpha value is -1.42. The third-order valence-electron chi connectivity index (χ3n) is 4.73. The van der Waals surface area contributed by atoms with Gasteiger partial charge < -0.3 is 16.0 Å². The zero-order valence-corrected chi connectivity index (χ0v) is 19.4. The molecular weight excluding hydrogens is 472 g/mol. The van der Waals surface area contributed by atoms with Gasteiger partial charge in [-0.1, -0.05) is 12.5 Å². The number of aliphatic imine (C=N–C) groups is 1. The molecule has 1 fully saturated rings. The van der Waals surface area contributed by atoms with E-state index in [1.54, 1.807) is 12.1 Å². The van der Waals surface area contributed by atoms with Gasteiger partial charge in [0.25, 0.3) is 0 Å². The van der Waals surface area contributed by atoms with Gasteiger partial charge in [0.1, 0.15) is 12.4 Å². The summed E-state index contributed by atoms with van der Waals surface area (Å²) >= 11 is 0. The Kier molecular flexibility index (Phi) is 10.7. The Balaban J connectivity index is 0.00000392. The molecule has 0 unspecified atom stereocenters. The van der Waals surface area contributed by atoms with Crippen molar-refractivity contribution in [3.63, 3.8) is 0 Å². The Morgan fingerprint density at radius 2 is 1.93 bits per heavy atom. The minimum absolute atomic E-state index is 0. The number of guanidine groups is 1. The van der Waals surface area contributed by atoms with Gasteiger partial charge in [-0.25, -0.2) is 9.38 Å². The number of rotatable bonds is 7. The summed E-state index contributed by atoms with van der Waals surface area (Å²) in [4.78, 5) is 18.9. The highest BCUT2D eigenvalue weighted by Crippen LogP contribution is 2.19. The molecule has 28 heavy (non-hydrogen) atoms. The summed E-state index contributed by atoms with van der Waals surface area (Å²) in [5, 5.41) is 9.17. The van der Waals surface area contributed by atoms with E-state index in [1.165, 1.54) is 31.4 Å². The molecule has 6 nitrogen and oxygen atoms in total. The summed E-state index contributed by atoms with van der Waals surface area (Å²) in [6, 6.07) is 5.83. The van der Waals surface area contributed by atoms with Crippen LogP contribution >= 0.6 is 24.0 Å². The van der Waals surface area contributed by atoms with Gasteiger partial charge in [0, 0.05) is 24.3 Å². The number of benzene rings is 1. The number of nitrogens with zero attached hydrogens (tertiary/aromatic N) is 2. The number of nitrogens with one attached hydrogen (secondary N) is 3. The van der Waals surface area contributed by atoms with Gasteiger partial charge in [0.2, 0.25) is 5.91 Å². The SMILES string of the molecule is CCNC(=NCC(=O)Nc1cccc(F)c1)NCC(C)(C)N1CCCCC1.I. The molecule has 1 amide bonds. The van der Waals surface area contributed by atoms with E-state index in [2.05, 4.69) is 39.7 Å². The monoisotopic (exact) mass is 505 g/mol. The average molecular weight is 505 g/mol. The maximum atomic E-state index is 13.2. The number of likely N-dealkylation sites (tertiary alicyclic amines) is 1. The van der Waals surface area contributed by atoms with Gasteiger partial charge in [-0.15, -0.1) is 24.0 Å². The molecule has 0 atom stereocenters. The molecule has 0 saturated carbocycles. The number of hydrogen-bond donors (Lipinski definition) is 3. The van der Waals surface area contributed by atoms with E-state index < -0.39 is 0 Å². The van der Waals surface area contributed by atoms with E-state index in [0.717, 1.165) is 19.6 Å². The molecule has 8 heteroatoms. The number of hydrogen-bond acceptors (Lipinski definition) is 3. The number of carbonyl (C=O) groups excluding carboxylic acids is 1. The minimum Gasteiger partial charge on any atom is -0.357 e. The maximum Gasteiger partial charge on any atom is 0.246 e. The van der Waals surface area contributed by atoms with Crippen LogP contribution in [0.4, 0.5) is 10.1 Å². The van der Waals surface area contributed by atoms with Gasteiger partial charge in [-0.3, -0.25) is 9.69 Å². The molecule has 2 rings (SSSR count). The van der Waals surface area contributed by atoms with Crippen molar-refractivity contribution < 1.29 is 9.18 Å². The van der Waals surface area contributed by atoms with Crippen LogP contribution in [0.2, 0.25) is 0 Å². The van der Waals surface area contributed by atoms with Crippen molar-refractivity contribution in [2.24, 2.45) is 4.99 Å². The predicted molar refractivity (Wildman–Crippen MR) is 124 cm³/mol. The van der Waals surface area contributed by atoms with Gasteiger partial charge >= 0.3 is 0 Å². The Bertz CT molecular complexity index is 647. The van der Waals surface area contributed by atoms with Crippen LogP contribution in [0.25, 0.3) is 0 Å². The molecule has 0 radical (unpaired) electrons. The number of anilines is 1. The standard InChI is InChI=1S/C20H32FN5O.HI/c1-4-22-19(24-15-20(2,3)26-11-6-5-7-12-26)23-14-18(27)25-17-10-8-9-16(21)13-17;/h8-10,13H,4-7,11-12,14-15H2,1-3H3,(H,25,27)(H2,22,23,24);1H. The van der Waals surface area contributed by atoms with Gasteiger partial charge in [0.15, 0.2) is 5.96 Å². The van der Waals surface area contributed by atoms with Crippen LogP contribution in [0.5, 0.6) is 0 Å². The lowest BCUT2D eigenvalue weighted by Crippen LogP contribution is -2.55. The number of halogens is 2. The molecule has 1 saturated heterocycles. The highest BCUT2D eigenvalue weighted by atomic mass is 127. The lowest BCUT2D eigenvalue weighted by Gasteiger charge is -2.41. The van der Waals surface area contributed by atoms with Crippen molar-refractivity contribution in [2.75, 3.05) is 38.0 Å². The van der Waals surface area contributed by atoms with Gasteiger partial charge in [-0.05, 0) is 64.9 Å². The van der Waals surface area contributed by atoms with E-state index in [0.29, 0.717) is 18.2 Å². The first kappa shape index (κ1) is 24.6. The van der Waals surface area contributed by atoms with Crippen LogP contribution in [0.15, 0.2) is 29.3 Å². The van der Waals surface area contributed by atoms with Crippen molar-refractivity contribution in [1.82, 2.24) is 15.5 Å². The fourth-order valence-electron chi connectivity index (χ4n) is 3.17. The van der Waals surface area contributed by atoms with Gasteiger partial charge in [0.05, 0.1) is 0 Å². The van der Waals surface area contributed by atoms with Crippen LogP contribution in [-0.4, -0.2) is 55.0 Å². The molecule has 0 spiro atoms. The first-order chi connectivity index (χ1) is 12.9. The molecule has 0 bridgehead atoms. The second-order valence-corrected chi connectivity index (χ2v) is 7.47. The topological polar surface area (TPSA) is 68.8 Å². The first-order valence-electron chi connectivity index (χ1n) is 9.73. The van der Waals surface area contributed by atoms with Crippen LogP contribution in [0, 0.1) is 5.82 Å². The third-order valence-corrected chi connectivity index (χ3v) is 4.73. The first-order valence-corrected chi connectivity index (χ1v) is 9.73. The van der Waals surface area contributed by atoms with E-state index in [9.17, 15) is 9.18 Å². The summed E-state index contributed by atoms with van der Waals surface area (Å²) in [7, 11) is 0. The average Bonchev–Trinajstić information content (AvgIpc) is 2.65. The summed E-state index contributed by atoms with van der Waals surface area (Å²) in [5.41, 5.74) is 0.444. The molecule has 1 aromatic carbocycles. The highest BCUT2D eigenvalue weighted by Gasteiger charge is 2.27. The zero-order valence-electron chi connectivity index (χ0n) is 17.1. The van der Waals surface area contributed by atoms with Crippen molar-refractivity contribution in [3.05, 3.63) is 30.1 Å². The normalized spacial score (nSPS) is 15.5. The Morgan fingerprint density at radius 1 is 1.21 bits per heavy atom. The summed E-state index contributed by atoms with van der Waals surface area (Å²) in [6.07, 6.45) is 3.81. The molecule has 158 valence electrons. The molecule has 0 aromatic heterocycles. The predicted octanol–water partition coefficient (Wildman–Crippen LogP) is 3.20. The van der Waals surface area contributed by atoms with E-state index in [-0.39, 0.29) is 47.8 Å². The molecule has 1 aliphatic heterocycles. The highest BCUT2D eigenvalue weighted by molar-refractivity contribution is 14.0. The molecule has 1 aliphatic rings. The quantitative estimate of drug-likeness (QED) is 0.303. The molecular formula is C20H33FIN5O. The molecule has 1 aromatic rings. The molecule has 1 heterocycles.